The summed E-state index contributed by atoms with van der Waals surface area (Å²) < 4.78 is 18.1. The van der Waals surface area contributed by atoms with Gasteiger partial charge in [-0.05, 0) is 37.1 Å². The van der Waals surface area contributed by atoms with E-state index < -0.39 is 0 Å². The molecule has 1 atom stereocenters. The van der Waals surface area contributed by atoms with Crippen molar-refractivity contribution in [1.82, 2.24) is 20.9 Å². The van der Waals surface area contributed by atoms with E-state index in [2.05, 4.69) is 25.8 Å². The van der Waals surface area contributed by atoms with E-state index >= 15 is 0 Å². The topological polar surface area (TPSA) is 78.0 Å². The lowest BCUT2D eigenvalue weighted by Gasteiger charge is -2.34. The van der Waals surface area contributed by atoms with Crippen LogP contribution in [0.1, 0.15) is 18.4 Å². The van der Waals surface area contributed by atoms with Gasteiger partial charge in [-0.1, -0.05) is 17.7 Å². The minimum absolute atomic E-state index is 0.115. The Balaban J connectivity index is 1.80. The summed E-state index contributed by atoms with van der Waals surface area (Å²) in [6.07, 6.45) is 2.04. The van der Waals surface area contributed by atoms with Gasteiger partial charge < -0.3 is 20.7 Å². The van der Waals surface area contributed by atoms with E-state index in [4.69, 9.17) is 16.3 Å². The Bertz CT molecular complexity index is 674. The Kier molecular flexibility index (Phi) is 9.46. The highest BCUT2D eigenvalue weighted by molar-refractivity contribution is 6.31. The molecule has 1 aromatic carbocycles. The molecule has 0 radical (unpaired) electrons. The SMILES string of the molecule is CN=C(NCC(=O)NCCOC)NC1CCCN(Cc2ccc(F)cc2Cl)C1. The minimum Gasteiger partial charge on any atom is -0.383 e. The highest BCUT2D eigenvalue weighted by Crippen LogP contribution is 2.21. The number of guanidine groups is 1. The summed E-state index contributed by atoms with van der Waals surface area (Å²) in [6, 6.07) is 4.72. The third kappa shape index (κ3) is 7.61. The van der Waals surface area contributed by atoms with E-state index in [0.29, 0.717) is 30.7 Å². The molecule has 0 bridgehead atoms. The number of nitrogens with zero attached hydrogens (tertiary/aromatic N) is 2. The Hall–Kier alpha value is -1.90. The highest BCUT2D eigenvalue weighted by atomic mass is 35.5. The summed E-state index contributed by atoms with van der Waals surface area (Å²) >= 11 is 6.15. The summed E-state index contributed by atoms with van der Waals surface area (Å²) in [5.41, 5.74) is 0.916. The van der Waals surface area contributed by atoms with E-state index in [1.807, 2.05) is 0 Å². The fourth-order valence-corrected chi connectivity index (χ4v) is 3.34. The van der Waals surface area contributed by atoms with E-state index in [-0.39, 0.29) is 24.3 Å². The first-order valence-electron chi connectivity index (χ1n) is 9.41. The fourth-order valence-electron chi connectivity index (χ4n) is 3.11. The quantitative estimate of drug-likeness (QED) is 0.341. The van der Waals surface area contributed by atoms with Gasteiger partial charge in [-0.25, -0.2) is 4.39 Å². The molecule has 2 rings (SSSR count). The van der Waals surface area contributed by atoms with E-state index in [1.165, 1.54) is 12.1 Å². The molecule has 1 saturated heterocycles. The molecule has 3 N–H and O–H groups in total. The number of halogens is 2. The molecule has 156 valence electrons. The number of piperidine rings is 1. The molecule has 1 amide bonds. The first kappa shape index (κ1) is 22.4. The van der Waals surface area contributed by atoms with Gasteiger partial charge >= 0.3 is 0 Å². The molecule has 1 aliphatic heterocycles. The predicted octanol–water partition coefficient (Wildman–Crippen LogP) is 1.37. The number of aliphatic imine (C=N–C) groups is 1. The highest BCUT2D eigenvalue weighted by Gasteiger charge is 2.21. The minimum atomic E-state index is -0.326. The Labute approximate surface area is 170 Å². The zero-order valence-corrected chi connectivity index (χ0v) is 17.2. The Morgan fingerprint density at radius 1 is 1.43 bits per heavy atom. The molecule has 0 aromatic heterocycles. The van der Waals surface area contributed by atoms with Gasteiger partial charge in [0.2, 0.25) is 5.91 Å². The molecule has 28 heavy (non-hydrogen) atoms. The van der Waals surface area contributed by atoms with Crippen molar-refractivity contribution in [3.8, 4) is 0 Å². The zero-order chi connectivity index (χ0) is 20.4. The van der Waals surface area contributed by atoms with Crippen LogP contribution in [-0.2, 0) is 16.1 Å². The number of carbonyl (C=O) groups excluding carboxylic acids is 1. The van der Waals surface area contributed by atoms with Crippen LogP contribution in [0, 0.1) is 5.82 Å². The summed E-state index contributed by atoms with van der Waals surface area (Å²) in [4.78, 5) is 18.3. The molecule has 0 aliphatic carbocycles. The van der Waals surface area contributed by atoms with Gasteiger partial charge in [0.1, 0.15) is 5.82 Å². The maximum atomic E-state index is 13.2. The van der Waals surface area contributed by atoms with Crippen molar-refractivity contribution in [2.45, 2.75) is 25.4 Å². The van der Waals surface area contributed by atoms with Gasteiger partial charge in [0, 0.05) is 44.9 Å². The third-order valence-corrected chi connectivity index (χ3v) is 4.88. The van der Waals surface area contributed by atoms with E-state index in [9.17, 15) is 9.18 Å². The predicted molar refractivity (Wildman–Crippen MR) is 109 cm³/mol. The second-order valence-corrected chi connectivity index (χ2v) is 7.13. The number of rotatable bonds is 8. The molecule has 9 heteroatoms. The van der Waals surface area contributed by atoms with Crippen LogP contribution in [0.2, 0.25) is 5.02 Å². The van der Waals surface area contributed by atoms with Crippen molar-refractivity contribution >= 4 is 23.5 Å². The van der Waals surface area contributed by atoms with Crippen LogP contribution in [0.4, 0.5) is 4.39 Å². The number of hydrogen-bond acceptors (Lipinski definition) is 4. The Morgan fingerprint density at radius 3 is 2.96 bits per heavy atom. The van der Waals surface area contributed by atoms with Crippen LogP contribution < -0.4 is 16.0 Å². The summed E-state index contributed by atoms with van der Waals surface area (Å²) in [7, 11) is 3.27. The van der Waals surface area contributed by atoms with Crippen LogP contribution in [0.25, 0.3) is 0 Å². The average Bonchev–Trinajstić information content (AvgIpc) is 2.68. The molecule has 1 fully saturated rings. The monoisotopic (exact) mass is 413 g/mol. The first-order chi connectivity index (χ1) is 13.5. The summed E-state index contributed by atoms with van der Waals surface area (Å²) in [6.45, 7) is 3.55. The van der Waals surface area contributed by atoms with Gasteiger partial charge in [0.15, 0.2) is 5.96 Å². The van der Waals surface area contributed by atoms with Crippen LogP contribution in [0.3, 0.4) is 0 Å². The van der Waals surface area contributed by atoms with Gasteiger partial charge in [-0.3, -0.25) is 14.7 Å². The van der Waals surface area contributed by atoms with Crippen LogP contribution in [-0.4, -0.2) is 69.8 Å². The maximum Gasteiger partial charge on any atom is 0.239 e. The van der Waals surface area contributed by atoms with Crippen LogP contribution in [0.15, 0.2) is 23.2 Å². The zero-order valence-electron chi connectivity index (χ0n) is 16.4. The smallest absolute Gasteiger partial charge is 0.239 e. The molecule has 1 aliphatic rings. The molecule has 7 nitrogen and oxygen atoms in total. The van der Waals surface area contributed by atoms with Crippen molar-refractivity contribution < 1.29 is 13.9 Å². The number of benzene rings is 1. The number of hydrogen-bond donors (Lipinski definition) is 3. The van der Waals surface area contributed by atoms with E-state index in [1.54, 1.807) is 20.2 Å². The summed E-state index contributed by atoms with van der Waals surface area (Å²) in [5.74, 6) is 0.151. The normalized spacial score (nSPS) is 18.0. The lowest BCUT2D eigenvalue weighted by Crippen LogP contribution is -2.52. The van der Waals surface area contributed by atoms with Crippen molar-refractivity contribution in [2.24, 2.45) is 4.99 Å². The number of carbonyl (C=O) groups is 1. The van der Waals surface area contributed by atoms with Crippen molar-refractivity contribution in [2.75, 3.05) is 46.9 Å². The molecule has 1 heterocycles. The second-order valence-electron chi connectivity index (χ2n) is 6.72. The van der Waals surface area contributed by atoms with Crippen LogP contribution in [0.5, 0.6) is 0 Å². The third-order valence-electron chi connectivity index (χ3n) is 4.52. The molecule has 1 aromatic rings. The molecule has 0 saturated carbocycles. The standard InChI is InChI=1S/C19H29ClFN5O2/c1-22-19(24-11-18(27)23-7-9-28-2)25-16-4-3-8-26(13-16)12-14-5-6-15(21)10-17(14)20/h5-6,10,16H,3-4,7-9,11-13H2,1-2H3,(H,23,27)(H2,22,24,25). The molecule has 0 spiro atoms. The van der Waals surface area contributed by atoms with Crippen LogP contribution >= 0.6 is 11.6 Å². The maximum absolute atomic E-state index is 13.2. The number of methoxy groups -OCH3 is 1. The second kappa shape index (κ2) is 11.8. The van der Waals surface area contributed by atoms with Gasteiger partial charge in [0.05, 0.1) is 13.2 Å². The number of likely N-dealkylation sites (tertiary alicyclic amines) is 1. The number of ether oxygens (including phenoxy) is 1. The summed E-state index contributed by atoms with van der Waals surface area (Å²) in [5, 5.41) is 9.60. The van der Waals surface area contributed by atoms with Crippen molar-refractivity contribution in [1.29, 1.82) is 0 Å². The average molecular weight is 414 g/mol. The van der Waals surface area contributed by atoms with Gasteiger partial charge in [0.25, 0.3) is 0 Å². The number of amides is 1. The van der Waals surface area contributed by atoms with Crippen molar-refractivity contribution in [3.63, 3.8) is 0 Å². The molecule has 1 unspecified atom stereocenters. The van der Waals surface area contributed by atoms with E-state index in [0.717, 1.165) is 31.5 Å². The Morgan fingerprint density at radius 2 is 2.25 bits per heavy atom. The first-order valence-corrected chi connectivity index (χ1v) is 9.78. The largest absolute Gasteiger partial charge is 0.383 e. The number of nitrogens with one attached hydrogen (secondary N) is 3. The van der Waals surface area contributed by atoms with Gasteiger partial charge in [-0.15, -0.1) is 0 Å². The van der Waals surface area contributed by atoms with Crippen molar-refractivity contribution in [3.05, 3.63) is 34.6 Å². The fraction of sp³-hybridized carbons (Fsp3) is 0.579. The lowest BCUT2D eigenvalue weighted by molar-refractivity contribution is -0.120. The van der Waals surface area contributed by atoms with Gasteiger partial charge in [-0.2, -0.15) is 0 Å². The lowest BCUT2D eigenvalue weighted by atomic mass is 10.0. The molecular weight excluding hydrogens is 385 g/mol. The molecular formula is C19H29ClFN5O2.